The number of likely N-dealkylation sites (tertiary alicyclic amines) is 1. The molecule has 2 aromatic rings. The van der Waals surface area contributed by atoms with E-state index in [1.165, 1.54) is 18.3 Å². The van der Waals surface area contributed by atoms with Crippen LogP contribution in [0.15, 0.2) is 36.5 Å². The number of nitrogen functional groups attached to an aromatic ring is 1. The second kappa shape index (κ2) is 8.59. The van der Waals surface area contributed by atoms with Crippen LogP contribution in [0, 0.1) is 11.7 Å². The van der Waals surface area contributed by atoms with Gasteiger partial charge in [0.25, 0.3) is 0 Å². The van der Waals surface area contributed by atoms with Crippen LogP contribution in [0.25, 0.3) is 0 Å². The first-order valence-electron chi connectivity index (χ1n) is 9.89. The van der Waals surface area contributed by atoms with E-state index in [-0.39, 0.29) is 23.7 Å². The van der Waals surface area contributed by atoms with Crippen molar-refractivity contribution in [3.05, 3.63) is 53.5 Å². The lowest BCUT2D eigenvalue weighted by atomic mass is 9.90. The molecule has 3 N–H and O–H groups in total. The van der Waals surface area contributed by atoms with Gasteiger partial charge in [-0.2, -0.15) is 0 Å². The van der Waals surface area contributed by atoms with Gasteiger partial charge in [-0.3, -0.25) is 9.59 Å². The molecule has 0 unspecified atom stereocenters. The monoisotopic (exact) mass is 398 g/mol. The van der Waals surface area contributed by atoms with Crippen molar-refractivity contribution in [2.75, 3.05) is 17.6 Å². The van der Waals surface area contributed by atoms with Gasteiger partial charge < -0.3 is 16.0 Å². The molecule has 6 nitrogen and oxygen atoms in total. The van der Waals surface area contributed by atoms with E-state index in [1.54, 1.807) is 23.1 Å². The molecule has 1 aromatic carbocycles. The molecule has 0 aliphatic carbocycles. The summed E-state index contributed by atoms with van der Waals surface area (Å²) in [5.74, 6) is -0.813. The van der Waals surface area contributed by atoms with Gasteiger partial charge >= 0.3 is 11.8 Å². The Morgan fingerprint density at radius 2 is 1.93 bits per heavy atom. The number of pyridine rings is 1. The van der Waals surface area contributed by atoms with Gasteiger partial charge in [0.1, 0.15) is 11.6 Å². The number of piperidine rings is 1. The zero-order valence-electron chi connectivity index (χ0n) is 17.0. The second-order valence-corrected chi connectivity index (χ2v) is 8.01. The molecule has 1 fully saturated rings. The van der Waals surface area contributed by atoms with E-state index >= 15 is 0 Å². The molecule has 0 bridgehead atoms. The summed E-state index contributed by atoms with van der Waals surface area (Å²) in [5, 5.41) is 2.65. The molecule has 1 saturated heterocycles. The van der Waals surface area contributed by atoms with Gasteiger partial charge in [0.15, 0.2) is 0 Å². The molecule has 1 aliphatic heterocycles. The van der Waals surface area contributed by atoms with Crippen molar-refractivity contribution >= 4 is 23.3 Å². The average molecular weight is 398 g/mol. The molecule has 3 rings (SSSR count). The second-order valence-electron chi connectivity index (χ2n) is 8.01. The maximum Gasteiger partial charge on any atom is 0.313 e. The van der Waals surface area contributed by atoms with E-state index in [1.807, 2.05) is 13.8 Å². The van der Waals surface area contributed by atoms with Gasteiger partial charge in [-0.1, -0.05) is 32.9 Å². The maximum atomic E-state index is 13.3. The Balaban J connectivity index is 1.79. The number of nitrogens with zero attached hydrogens (tertiary/aromatic N) is 2. The van der Waals surface area contributed by atoms with Gasteiger partial charge in [0.2, 0.25) is 0 Å². The molecule has 1 aromatic heterocycles. The quantitative estimate of drug-likeness (QED) is 0.769. The normalized spacial score (nSPS) is 19.3. The zero-order chi connectivity index (χ0) is 21.1. The highest BCUT2D eigenvalue weighted by atomic mass is 19.1. The fourth-order valence-corrected chi connectivity index (χ4v) is 3.75. The van der Waals surface area contributed by atoms with Crippen LogP contribution in [0.1, 0.15) is 56.7 Å². The largest absolute Gasteiger partial charge is 0.383 e. The van der Waals surface area contributed by atoms with Crippen molar-refractivity contribution < 1.29 is 14.0 Å². The topological polar surface area (TPSA) is 88.3 Å². The molecule has 2 heterocycles. The zero-order valence-corrected chi connectivity index (χ0v) is 17.0. The summed E-state index contributed by atoms with van der Waals surface area (Å²) in [4.78, 5) is 31.4. The number of nitrogens with one attached hydrogen (secondary N) is 1. The molecule has 0 spiro atoms. The van der Waals surface area contributed by atoms with E-state index in [2.05, 4.69) is 17.2 Å². The van der Waals surface area contributed by atoms with E-state index in [4.69, 9.17) is 5.73 Å². The summed E-state index contributed by atoms with van der Waals surface area (Å²) in [7, 11) is 0. The fraction of sp³-hybridized carbons (Fsp3) is 0.409. The number of amides is 2. The minimum absolute atomic E-state index is 0.140. The molecule has 2 atom stereocenters. The lowest BCUT2D eigenvalue weighted by Gasteiger charge is -2.38. The number of hydrogen-bond donors (Lipinski definition) is 2. The predicted molar refractivity (Wildman–Crippen MR) is 111 cm³/mol. The molecule has 0 radical (unpaired) electrons. The molecule has 29 heavy (non-hydrogen) atoms. The van der Waals surface area contributed by atoms with Crippen molar-refractivity contribution in [3.8, 4) is 0 Å². The first-order valence-corrected chi connectivity index (χ1v) is 9.89. The SMILES string of the molecule is CC(C)c1cc(NC(=O)C(=O)N2C[C@H](C)CC[C@H]2c2ccc(F)cc2)cnc1N. The average Bonchev–Trinajstić information content (AvgIpc) is 2.69. The van der Waals surface area contributed by atoms with E-state index < -0.39 is 11.8 Å². The van der Waals surface area contributed by atoms with Crippen molar-refractivity contribution in [2.24, 2.45) is 5.92 Å². The highest BCUT2D eigenvalue weighted by molar-refractivity contribution is 6.39. The standard InChI is InChI=1S/C22H27FN4O2/c1-13(2)18-10-17(11-25-20(18)24)26-21(28)22(29)27-12-14(3)4-9-19(27)15-5-7-16(23)8-6-15/h5-8,10-11,13-14,19H,4,9,12H2,1-3H3,(H2,24,25)(H,26,28)/t14-,19+/m1/s1. The highest BCUT2D eigenvalue weighted by Gasteiger charge is 2.34. The Hall–Kier alpha value is -2.96. The van der Waals surface area contributed by atoms with Gasteiger partial charge in [-0.25, -0.2) is 9.37 Å². The van der Waals surface area contributed by atoms with Crippen LogP contribution in [0.4, 0.5) is 15.9 Å². The Bertz CT molecular complexity index is 898. The number of rotatable bonds is 3. The van der Waals surface area contributed by atoms with Crippen molar-refractivity contribution in [2.45, 2.75) is 45.6 Å². The Labute approximate surface area is 170 Å². The van der Waals surface area contributed by atoms with Crippen LogP contribution in [0.3, 0.4) is 0 Å². The molecule has 2 amide bonds. The maximum absolute atomic E-state index is 13.3. The summed E-state index contributed by atoms with van der Waals surface area (Å²) < 4.78 is 13.3. The van der Waals surface area contributed by atoms with E-state index in [0.29, 0.717) is 18.1 Å². The molecule has 0 saturated carbocycles. The minimum Gasteiger partial charge on any atom is -0.383 e. The van der Waals surface area contributed by atoms with Gasteiger partial charge in [0, 0.05) is 6.54 Å². The van der Waals surface area contributed by atoms with Crippen LogP contribution in [-0.2, 0) is 9.59 Å². The lowest BCUT2D eigenvalue weighted by Crippen LogP contribution is -2.46. The first kappa shape index (κ1) is 20.8. The molecule has 1 aliphatic rings. The minimum atomic E-state index is -0.715. The number of benzene rings is 1. The third kappa shape index (κ3) is 4.72. The summed E-state index contributed by atoms with van der Waals surface area (Å²) >= 11 is 0. The smallest absolute Gasteiger partial charge is 0.313 e. The van der Waals surface area contributed by atoms with E-state index in [9.17, 15) is 14.0 Å². The first-order chi connectivity index (χ1) is 13.8. The fourth-order valence-electron chi connectivity index (χ4n) is 3.75. The van der Waals surface area contributed by atoms with Gasteiger partial charge in [-0.05, 0) is 54.0 Å². The summed E-state index contributed by atoms with van der Waals surface area (Å²) in [6.45, 7) is 6.49. The van der Waals surface area contributed by atoms with Crippen LogP contribution in [0.2, 0.25) is 0 Å². The predicted octanol–water partition coefficient (Wildman–Crippen LogP) is 3.86. The molecular formula is C22H27FN4O2. The Kier molecular flexibility index (Phi) is 6.15. The molecule has 7 heteroatoms. The van der Waals surface area contributed by atoms with Crippen molar-refractivity contribution in [3.63, 3.8) is 0 Å². The lowest BCUT2D eigenvalue weighted by molar-refractivity contribution is -0.146. The van der Waals surface area contributed by atoms with Crippen molar-refractivity contribution in [1.82, 2.24) is 9.88 Å². The summed E-state index contributed by atoms with van der Waals surface area (Å²) in [6, 6.07) is 7.60. The number of hydrogen-bond acceptors (Lipinski definition) is 4. The van der Waals surface area contributed by atoms with E-state index in [0.717, 1.165) is 24.0 Å². The van der Waals surface area contributed by atoms with Gasteiger partial charge in [0.05, 0.1) is 17.9 Å². The number of carbonyl (C=O) groups is 2. The summed E-state index contributed by atoms with van der Waals surface area (Å²) in [5.41, 5.74) is 7.96. The van der Waals surface area contributed by atoms with Crippen LogP contribution in [-0.4, -0.2) is 28.2 Å². The number of aromatic nitrogens is 1. The molecular weight excluding hydrogens is 371 g/mol. The Morgan fingerprint density at radius 1 is 1.24 bits per heavy atom. The highest BCUT2D eigenvalue weighted by Crippen LogP contribution is 2.33. The third-order valence-corrected chi connectivity index (χ3v) is 5.36. The van der Waals surface area contributed by atoms with Gasteiger partial charge in [-0.15, -0.1) is 0 Å². The van der Waals surface area contributed by atoms with Crippen LogP contribution < -0.4 is 11.1 Å². The number of anilines is 2. The van der Waals surface area contributed by atoms with Crippen LogP contribution >= 0.6 is 0 Å². The number of nitrogens with two attached hydrogens (primary N) is 1. The summed E-state index contributed by atoms with van der Waals surface area (Å²) in [6.07, 6.45) is 3.11. The molecule has 154 valence electrons. The van der Waals surface area contributed by atoms with Crippen molar-refractivity contribution in [1.29, 1.82) is 0 Å². The third-order valence-electron chi connectivity index (χ3n) is 5.36. The Morgan fingerprint density at radius 3 is 2.59 bits per heavy atom. The van der Waals surface area contributed by atoms with Crippen LogP contribution in [0.5, 0.6) is 0 Å². The number of carbonyl (C=O) groups excluding carboxylic acids is 2. The number of halogens is 1.